The molecule has 1 aromatic heterocycles. The van der Waals surface area contributed by atoms with Crippen molar-refractivity contribution >= 4 is 23.0 Å². The molecule has 1 aromatic rings. The van der Waals surface area contributed by atoms with Crippen LogP contribution in [0.5, 0.6) is 0 Å². The van der Waals surface area contributed by atoms with Gasteiger partial charge in [0.05, 0.1) is 17.8 Å². The molecule has 0 radical (unpaired) electrons. The molecule has 18 heavy (non-hydrogen) atoms. The van der Waals surface area contributed by atoms with Crippen molar-refractivity contribution in [3.05, 3.63) is 23.4 Å². The van der Waals surface area contributed by atoms with Gasteiger partial charge in [-0.25, -0.2) is 4.98 Å². The summed E-state index contributed by atoms with van der Waals surface area (Å²) in [5.74, 6) is 0.874. The lowest BCUT2D eigenvalue weighted by Crippen LogP contribution is -2.49. The van der Waals surface area contributed by atoms with E-state index in [1.807, 2.05) is 19.1 Å². The molecule has 5 heteroatoms. The van der Waals surface area contributed by atoms with Crippen LogP contribution in [-0.2, 0) is 4.74 Å². The number of hydrogen-bond acceptors (Lipinski definition) is 4. The van der Waals surface area contributed by atoms with E-state index in [4.69, 9.17) is 22.7 Å². The summed E-state index contributed by atoms with van der Waals surface area (Å²) in [6.45, 7) is 8.43. The maximum Gasteiger partial charge on any atom is 0.139 e. The average molecular weight is 265 g/mol. The smallest absolute Gasteiger partial charge is 0.139 e. The normalized spacial score (nSPS) is 18.7. The molecule has 0 saturated carbocycles. The zero-order valence-corrected chi connectivity index (χ0v) is 11.9. The highest BCUT2D eigenvalue weighted by Gasteiger charge is 2.29. The molecule has 0 bridgehead atoms. The second kappa shape index (κ2) is 4.82. The number of anilines is 1. The van der Waals surface area contributed by atoms with Gasteiger partial charge in [0, 0.05) is 18.8 Å². The third-order valence-corrected chi connectivity index (χ3v) is 3.22. The molecular formula is C13H19N3OS. The van der Waals surface area contributed by atoms with Crippen LogP contribution in [0.2, 0.25) is 0 Å². The van der Waals surface area contributed by atoms with Crippen LogP contribution in [0, 0.1) is 6.92 Å². The Morgan fingerprint density at radius 3 is 2.83 bits per heavy atom. The molecule has 2 rings (SSSR count). The molecule has 2 N–H and O–H groups in total. The lowest BCUT2D eigenvalue weighted by Gasteiger charge is -2.39. The van der Waals surface area contributed by atoms with Gasteiger partial charge < -0.3 is 15.4 Å². The van der Waals surface area contributed by atoms with Gasteiger partial charge in [0.2, 0.25) is 0 Å². The minimum absolute atomic E-state index is 0.169. The lowest BCUT2D eigenvalue weighted by atomic mass is 10.1. The summed E-state index contributed by atoms with van der Waals surface area (Å²) in [7, 11) is 0. The van der Waals surface area contributed by atoms with Crippen molar-refractivity contribution in [2.24, 2.45) is 5.73 Å². The van der Waals surface area contributed by atoms with E-state index in [9.17, 15) is 0 Å². The molecular weight excluding hydrogens is 246 g/mol. The molecule has 4 nitrogen and oxygen atoms in total. The molecule has 0 spiro atoms. The van der Waals surface area contributed by atoms with Crippen LogP contribution in [0.1, 0.15) is 25.1 Å². The van der Waals surface area contributed by atoms with Crippen LogP contribution in [0.3, 0.4) is 0 Å². The van der Waals surface area contributed by atoms with Crippen molar-refractivity contribution in [2.45, 2.75) is 26.4 Å². The second-order valence-electron chi connectivity index (χ2n) is 5.22. The molecule has 2 heterocycles. The van der Waals surface area contributed by atoms with Crippen LogP contribution in [0.4, 0.5) is 5.82 Å². The monoisotopic (exact) mass is 265 g/mol. The highest BCUT2D eigenvalue weighted by molar-refractivity contribution is 7.80. The first kappa shape index (κ1) is 13.2. The Kier molecular flexibility index (Phi) is 3.54. The largest absolute Gasteiger partial charge is 0.389 e. The van der Waals surface area contributed by atoms with Crippen molar-refractivity contribution < 1.29 is 4.74 Å². The standard InChI is InChI=1S/C13H19N3OS/c1-9-4-5-10(11(14)18)12(15-9)16-6-7-17-13(2,3)8-16/h4-5H,6-8H2,1-3H3,(H2,14,18). The Morgan fingerprint density at radius 2 is 2.22 bits per heavy atom. The van der Waals surface area contributed by atoms with Gasteiger partial charge in [0.25, 0.3) is 0 Å². The Hall–Kier alpha value is -1.20. The lowest BCUT2D eigenvalue weighted by molar-refractivity contribution is -0.0279. The number of morpholine rings is 1. The summed E-state index contributed by atoms with van der Waals surface area (Å²) >= 11 is 5.10. The quantitative estimate of drug-likeness (QED) is 0.824. The first-order chi connectivity index (χ1) is 8.39. The number of nitrogens with two attached hydrogens (primary N) is 1. The number of rotatable bonds is 2. The third-order valence-electron chi connectivity index (χ3n) is 3.00. The first-order valence-electron chi connectivity index (χ1n) is 6.05. The van der Waals surface area contributed by atoms with Crippen LogP contribution in [-0.4, -0.2) is 35.3 Å². The zero-order valence-electron chi connectivity index (χ0n) is 11.1. The van der Waals surface area contributed by atoms with E-state index >= 15 is 0 Å². The number of hydrogen-bond donors (Lipinski definition) is 1. The molecule has 0 atom stereocenters. The summed E-state index contributed by atoms with van der Waals surface area (Å²) in [4.78, 5) is 7.18. The molecule has 98 valence electrons. The highest BCUT2D eigenvalue weighted by Crippen LogP contribution is 2.24. The van der Waals surface area contributed by atoms with Crippen molar-refractivity contribution in [1.29, 1.82) is 0 Å². The molecule has 1 aliphatic heterocycles. The van der Waals surface area contributed by atoms with Gasteiger partial charge >= 0.3 is 0 Å². The van der Waals surface area contributed by atoms with Gasteiger partial charge in [-0.15, -0.1) is 0 Å². The van der Waals surface area contributed by atoms with Crippen LogP contribution < -0.4 is 10.6 Å². The third kappa shape index (κ3) is 2.79. The minimum Gasteiger partial charge on any atom is -0.389 e. The number of aromatic nitrogens is 1. The number of nitrogens with zero attached hydrogens (tertiary/aromatic N) is 2. The van der Waals surface area contributed by atoms with E-state index in [1.54, 1.807) is 0 Å². The Bertz CT molecular complexity index is 473. The fraction of sp³-hybridized carbons (Fsp3) is 0.538. The number of ether oxygens (including phenoxy) is 1. The summed E-state index contributed by atoms with van der Waals surface area (Å²) in [5, 5.41) is 0. The molecule has 0 amide bonds. The summed E-state index contributed by atoms with van der Waals surface area (Å²) in [6.07, 6.45) is 0. The second-order valence-corrected chi connectivity index (χ2v) is 5.66. The summed E-state index contributed by atoms with van der Waals surface area (Å²) in [5.41, 5.74) is 7.41. The van der Waals surface area contributed by atoms with Gasteiger partial charge in [-0.05, 0) is 32.9 Å². The van der Waals surface area contributed by atoms with Crippen molar-refractivity contribution in [3.63, 3.8) is 0 Å². The SMILES string of the molecule is Cc1ccc(C(N)=S)c(N2CCOC(C)(C)C2)n1. The van der Waals surface area contributed by atoms with E-state index < -0.39 is 0 Å². The Morgan fingerprint density at radius 1 is 1.50 bits per heavy atom. The summed E-state index contributed by atoms with van der Waals surface area (Å²) in [6, 6.07) is 3.88. The van der Waals surface area contributed by atoms with Crippen molar-refractivity contribution in [1.82, 2.24) is 4.98 Å². The molecule has 0 unspecified atom stereocenters. The molecule has 0 aliphatic carbocycles. The van der Waals surface area contributed by atoms with Crippen LogP contribution in [0.15, 0.2) is 12.1 Å². The number of thiocarbonyl (C=S) groups is 1. The first-order valence-corrected chi connectivity index (χ1v) is 6.46. The van der Waals surface area contributed by atoms with Gasteiger partial charge in [0.15, 0.2) is 0 Å². The van der Waals surface area contributed by atoms with Crippen LogP contribution >= 0.6 is 12.2 Å². The van der Waals surface area contributed by atoms with E-state index in [1.165, 1.54) is 0 Å². The number of pyridine rings is 1. The van der Waals surface area contributed by atoms with Crippen LogP contribution in [0.25, 0.3) is 0 Å². The van der Waals surface area contributed by atoms with Crippen molar-refractivity contribution in [2.75, 3.05) is 24.6 Å². The van der Waals surface area contributed by atoms with Crippen molar-refractivity contribution in [3.8, 4) is 0 Å². The minimum atomic E-state index is -0.169. The Labute approximate surface area is 113 Å². The average Bonchev–Trinajstić information content (AvgIpc) is 2.27. The van der Waals surface area contributed by atoms with Gasteiger partial charge in [-0.2, -0.15) is 0 Å². The molecule has 1 saturated heterocycles. The van der Waals surface area contributed by atoms with E-state index in [0.29, 0.717) is 11.6 Å². The fourth-order valence-corrected chi connectivity index (χ4v) is 2.33. The fourth-order valence-electron chi connectivity index (χ4n) is 2.17. The zero-order chi connectivity index (χ0) is 13.3. The van der Waals surface area contributed by atoms with Gasteiger partial charge in [-0.1, -0.05) is 12.2 Å². The predicted octanol–water partition coefficient (Wildman–Crippen LogP) is 1.64. The van der Waals surface area contributed by atoms with Gasteiger partial charge in [0.1, 0.15) is 10.8 Å². The van der Waals surface area contributed by atoms with E-state index in [0.717, 1.165) is 30.2 Å². The molecule has 1 fully saturated rings. The highest BCUT2D eigenvalue weighted by atomic mass is 32.1. The topological polar surface area (TPSA) is 51.4 Å². The molecule has 0 aromatic carbocycles. The summed E-state index contributed by atoms with van der Waals surface area (Å²) < 4.78 is 5.71. The van der Waals surface area contributed by atoms with E-state index in [-0.39, 0.29) is 5.60 Å². The maximum atomic E-state index is 5.77. The van der Waals surface area contributed by atoms with Gasteiger partial charge in [-0.3, -0.25) is 0 Å². The number of aryl methyl sites for hydroxylation is 1. The predicted molar refractivity (Wildman–Crippen MR) is 77.1 cm³/mol. The molecule has 1 aliphatic rings. The Balaban J connectivity index is 2.37. The van der Waals surface area contributed by atoms with E-state index in [2.05, 4.69) is 23.7 Å². The maximum absolute atomic E-state index is 5.77.